The number of aliphatic hydroxyl groups excluding tert-OH is 1. The lowest BCUT2D eigenvalue weighted by Gasteiger charge is -2.16. The Morgan fingerprint density at radius 2 is 1.94 bits per heavy atom. The molecule has 1 heterocycles. The molecule has 0 saturated carbocycles. The van der Waals surface area contributed by atoms with Crippen LogP contribution in [0.3, 0.4) is 0 Å². The fourth-order valence-corrected chi connectivity index (χ4v) is 1.63. The van der Waals surface area contributed by atoms with Crippen LogP contribution in [-0.2, 0) is 4.79 Å². The van der Waals surface area contributed by atoms with Gasteiger partial charge in [-0.1, -0.05) is 25.1 Å². The molecule has 0 unspecified atom stereocenters. The van der Waals surface area contributed by atoms with E-state index in [4.69, 9.17) is 4.42 Å². The molecule has 2 rings (SSSR count). The van der Waals surface area contributed by atoms with Crippen molar-refractivity contribution in [3.05, 3.63) is 54.5 Å². The monoisotopic (exact) mass is 245 g/mol. The first-order valence-corrected chi connectivity index (χ1v) is 5.76. The van der Waals surface area contributed by atoms with Gasteiger partial charge in [0.2, 0.25) is 5.91 Å². The van der Waals surface area contributed by atoms with Gasteiger partial charge in [-0.3, -0.25) is 4.79 Å². The van der Waals surface area contributed by atoms with Crippen LogP contribution in [0.4, 0.5) is 5.69 Å². The Morgan fingerprint density at radius 1 is 1.22 bits per heavy atom. The highest BCUT2D eigenvalue weighted by Crippen LogP contribution is 2.23. The van der Waals surface area contributed by atoms with E-state index in [1.165, 1.54) is 6.26 Å². The average Bonchev–Trinajstić information content (AvgIpc) is 2.92. The molecule has 0 aliphatic heterocycles. The van der Waals surface area contributed by atoms with E-state index in [0.29, 0.717) is 11.4 Å². The lowest BCUT2D eigenvalue weighted by molar-refractivity contribution is -0.123. The van der Waals surface area contributed by atoms with Crippen molar-refractivity contribution in [2.24, 2.45) is 5.92 Å². The summed E-state index contributed by atoms with van der Waals surface area (Å²) in [4.78, 5) is 11.9. The number of furan rings is 1. The molecule has 18 heavy (non-hydrogen) atoms. The molecule has 1 aromatic heterocycles. The molecule has 0 saturated heterocycles. The van der Waals surface area contributed by atoms with E-state index in [-0.39, 0.29) is 5.91 Å². The highest BCUT2D eigenvalue weighted by molar-refractivity contribution is 5.92. The van der Waals surface area contributed by atoms with E-state index in [0.717, 1.165) is 0 Å². The maximum absolute atomic E-state index is 11.9. The number of carbonyl (C=O) groups excluding carboxylic acids is 1. The molecule has 2 atom stereocenters. The average molecular weight is 245 g/mol. The summed E-state index contributed by atoms with van der Waals surface area (Å²) in [6, 6.07) is 12.5. The molecule has 0 spiro atoms. The van der Waals surface area contributed by atoms with Gasteiger partial charge in [-0.05, 0) is 24.3 Å². The van der Waals surface area contributed by atoms with Gasteiger partial charge in [-0.2, -0.15) is 0 Å². The number of nitrogens with one attached hydrogen (secondary N) is 1. The van der Waals surface area contributed by atoms with Gasteiger partial charge in [0.25, 0.3) is 0 Å². The van der Waals surface area contributed by atoms with Gasteiger partial charge in [-0.25, -0.2) is 0 Å². The molecule has 0 radical (unpaired) electrons. The molecule has 2 N–H and O–H groups in total. The number of rotatable bonds is 4. The lowest BCUT2D eigenvalue weighted by Crippen LogP contribution is -2.25. The Kier molecular flexibility index (Phi) is 3.79. The number of benzene rings is 1. The first-order valence-electron chi connectivity index (χ1n) is 5.76. The van der Waals surface area contributed by atoms with E-state index >= 15 is 0 Å². The number of para-hydroxylation sites is 1. The summed E-state index contributed by atoms with van der Waals surface area (Å²) in [5.74, 6) is -0.438. The van der Waals surface area contributed by atoms with Crippen LogP contribution in [0.25, 0.3) is 0 Å². The van der Waals surface area contributed by atoms with Crippen molar-refractivity contribution in [1.29, 1.82) is 0 Å². The third kappa shape index (κ3) is 2.78. The molecule has 4 heteroatoms. The molecule has 1 amide bonds. The van der Waals surface area contributed by atoms with Crippen molar-refractivity contribution in [3.63, 3.8) is 0 Å². The van der Waals surface area contributed by atoms with Crippen LogP contribution in [-0.4, -0.2) is 11.0 Å². The maximum atomic E-state index is 11.9. The summed E-state index contributed by atoms with van der Waals surface area (Å²) in [6.45, 7) is 1.66. The molecular formula is C14H15NO3. The van der Waals surface area contributed by atoms with Crippen LogP contribution in [0.15, 0.2) is 53.1 Å². The Bertz CT molecular complexity index is 493. The van der Waals surface area contributed by atoms with Gasteiger partial charge in [0, 0.05) is 5.69 Å². The number of amides is 1. The van der Waals surface area contributed by atoms with Crippen LogP contribution in [0.5, 0.6) is 0 Å². The second-order valence-corrected chi connectivity index (χ2v) is 4.10. The van der Waals surface area contributed by atoms with Gasteiger partial charge >= 0.3 is 0 Å². The summed E-state index contributed by atoms with van der Waals surface area (Å²) in [5, 5.41) is 12.7. The van der Waals surface area contributed by atoms with Gasteiger partial charge in [0.15, 0.2) is 0 Å². The summed E-state index contributed by atoms with van der Waals surface area (Å²) in [5.41, 5.74) is 0.709. The molecule has 94 valence electrons. The third-order valence-corrected chi connectivity index (χ3v) is 2.76. The van der Waals surface area contributed by atoms with Crippen molar-refractivity contribution in [2.45, 2.75) is 13.0 Å². The Labute approximate surface area is 105 Å². The quantitative estimate of drug-likeness (QED) is 0.870. The first-order chi connectivity index (χ1) is 8.68. The number of hydrogen-bond donors (Lipinski definition) is 2. The zero-order chi connectivity index (χ0) is 13.0. The maximum Gasteiger partial charge on any atom is 0.230 e. The number of aliphatic hydroxyl groups is 1. The Balaban J connectivity index is 2.01. The highest BCUT2D eigenvalue weighted by atomic mass is 16.4. The molecule has 0 fully saturated rings. The minimum absolute atomic E-state index is 0.245. The van der Waals surface area contributed by atoms with E-state index in [1.807, 2.05) is 18.2 Å². The molecule has 0 aliphatic rings. The number of carbonyl (C=O) groups is 1. The molecule has 4 nitrogen and oxygen atoms in total. The van der Waals surface area contributed by atoms with E-state index in [2.05, 4.69) is 5.32 Å². The summed E-state index contributed by atoms with van der Waals surface area (Å²) >= 11 is 0. The van der Waals surface area contributed by atoms with Crippen LogP contribution in [0.2, 0.25) is 0 Å². The largest absolute Gasteiger partial charge is 0.467 e. The van der Waals surface area contributed by atoms with Crippen molar-refractivity contribution >= 4 is 11.6 Å². The van der Waals surface area contributed by atoms with Crippen LogP contribution in [0, 0.1) is 5.92 Å². The molecule has 2 aromatic rings. The standard InChI is InChI=1S/C14H15NO3/c1-10(13(16)12-8-5-9-18-12)14(17)15-11-6-3-2-4-7-11/h2-10,13,16H,1H3,(H,15,17)/t10-,13+/m0/s1. The van der Waals surface area contributed by atoms with E-state index in [1.54, 1.807) is 31.2 Å². The second-order valence-electron chi connectivity index (χ2n) is 4.10. The summed E-state index contributed by atoms with van der Waals surface area (Å²) in [7, 11) is 0. The zero-order valence-electron chi connectivity index (χ0n) is 10.0. The molecule has 0 bridgehead atoms. The topological polar surface area (TPSA) is 62.5 Å². The van der Waals surface area contributed by atoms with Crippen molar-refractivity contribution in [2.75, 3.05) is 5.32 Å². The van der Waals surface area contributed by atoms with E-state index in [9.17, 15) is 9.90 Å². The predicted molar refractivity (Wildman–Crippen MR) is 67.9 cm³/mol. The summed E-state index contributed by atoms with van der Waals surface area (Å²) in [6.07, 6.45) is 0.532. The highest BCUT2D eigenvalue weighted by Gasteiger charge is 2.25. The van der Waals surface area contributed by atoms with Gasteiger partial charge in [0.1, 0.15) is 11.9 Å². The summed E-state index contributed by atoms with van der Waals surface area (Å²) < 4.78 is 5.09. The minimum atomic E-state index is -0.941. The lowest BCUT2D eigenvalue weighted by atomic mass is 10.0. The van der Waals surface area contributed by atoms with Crippen molar-refractivity contribution in [1.82, 2.24) is 0 Å². The van der Waals surface area contributed by atoms with Crippen LogP contribution >= 0.6 is 0 Å². The van der Waals surface area contributed by atoms with Crippen molar-refractivity contribution in [3.8, 4) is 0 Å². The van der Waals surface area contributed by atoms with Gasteiger partial charge < -0.3 is 14.8 Å². The van der Waals surface area contributed by atoms with Crippen molar-refractivity contribution < 1.29 is 14.3 Å². The van der Waals surface area contributed by atoms with Gasteiger partial charge in [0.05, 0.1) is 12.2 Å². The molecular weight excluding hydrogens is 230 g/mol. The van der Waals surface area contributed by atoms with E-state index < -0.39 is 12.0 Å². The zero-order valence-corrected chi connectivity index (χ0v) is 10.0. The number of anilines is 1. The first kappa shape index (κ1) is 12.4. The van der Waals surface area contributed by atoms with Crippen LogP contribution < -0.4 is 5.32 Å². The van der Waals surface area contributed by atoms with Crippen LogP contribution in [0.1, 0.15) is 18.8 Å². The fourth-order valence-electron chi connectivity index (χ4n) is 1.63. The number of hydrogen-bond acceptors (Lipinski definition) is 3. The van der Waals surface area contributed by atoms with Gasteiger partial charge in [-0.15, -0.1) is 0 Å². The fraction of sp³-hybridized carbons (Fsp3) is 0.214. The predicted octanol–water partition coefficient (Wildman–Crippen LogP) is 2.59. The molecule has 0 aliphatic carbocycles. The smallest absolute Gasteiger partial charge is 0.230 e. The SMILES string of the molecule is C[C@H](C(=O)Nc1ccccc1)[C@@H](O)c1ccco1. The molecule has 1 aromatic carbocycles. The Hall–Kier alpha value is -2.07. The third-order valence-electron chi connectivity index (χ3n) is 2.76. The second kappa shape index (κ2) is 5.51. The normalized spacial score (nSPS) is 13.9. The minimum Gasteiger partial charge on any atom is -0.467 e. The Morgan fingerprint density at radius 3 is 2.56 bits per heavy atom.